The molecule has 1 aromatic carbocycles. The molecule has 0 radical (unpaired) electrons. The van der Waals surface area contributed by atoms with Crippen LogP contribution in [0.25, 0.3) is 0 Å². The minimum Gasteiger partial charge on any atom is -0.494 e. The van der Waals surface area contributed by atoms with Crippen molar-refractivity contribution in [1.29, 1.82) is 0 Å². The van der Waals surface area contributed by atoms with Crippen molar-refractivity contribution in [2.45, 2.75) is 45.2 Å². The van der Waals surface area contributed by atoms with Crippen molar-refractivity contribution < 1.29 is 19.1 Å². The van der Waals surface area contributed by atoms with Crippen molar-refractivity contribution in [3.8, 4) is 11.5 Å². The van der Waals surface area contributed by atoms with Gasteiger partial charge in [-0.05, 0) is 51.1 Å². The second kappa shape index (κ2) is 10.9. The van der Waals surface area contributed by atoms with Gasteiger partial charge in [0.2, 0.25) is 11.8 Å². The third-order valence-electron chi connectivity index (χ3n) is 5.24. The van der Waals surface area contributed by atoms with Gasteiger partial charge in [-0.25, -0.2) is 0 Å². The summed E-state index contributed by atoms with van der Waals surface area (Å²) in [6, 6.07) is 8.02. The average Bonchev–Trinajstić information content (AvgIpc) is 3.01. The molecule has 0 unspecified atom stereocenters. The van der Waals surface area contributed by atoms with Crippen molar-refractivity contribution in [3.05, 3.63) is 24.3 Å². The van der Waals surface area contributed by atoms with E-state index in [-0.39, 0.29) is 17.9 Å². The summed E-state index contributed by atoms with van der Waals surface area (Å²) in [7, 11) is 3.85. The molecule has 2 rings (SSSR count). The van der Waals surface area contributed by atoms with E-state index in [1.807, 2.05) is 45.3 Å². The van der Waals surface area contributed by atoms with Gasteiger partial charge in [-0.2, -0.15) is 0 Å². The molecule has 1 saturated heterocycles. The van der Waals surface area contributed by atoms with E-state index in [9.17, 15) is 9.59 Å². The predicted molar refractivity (Wildman–Crippen MR) is 109 cm³/mol. The van der Waals surface area contributed by atoms with E-state index in [0.717, 1.165) is 24.3 Å². The largest absolute Gasteiger partial charge is 0.494 e. The second-order valence-corrected chi connectivity index (χ2v) is 7.26. The summed E-state index contributed by atoms with van der Waals surface area (Å²) >= 11 is 0. The number of carbonyl (C=O) groups is 2. The van der Waals surface area contributed by atoms with Crippen LogP contribution in [-0.4, -0.2) is 74.1 Å². The average molecular weight is 392 g/mol. The molecule has 2 amide bonds. The van der Waals surface area contributed by atoms with E-state index in [0.29, 0.717) is 38.8 Å². The highest BCUT2D eigenvalue weighted by Crippen LogP contribution is 2.24. The molecule has 0 spiro atoms. The first-order chi connectivity index (χ1) is 13.4. The summed E-state index contributed by atoms with van der Waals surface area (Å²) in [5.41, 5.74) is 0. The summed E-state index contributed by atoms with van der Waals surface area (Å²) in [5, 5.41) is 2.87. The molecular weight excluding hydrogens is 358 g/mol. The lowest BCUT2D eigenvalue weighted by atomic mass is 10.1. The zero-order valence-corrected chi connectivity index (χ0v) is 17.4. The molecule has 1 N–H and O–H groups in total. The molecule has 1 heterocycles. The maximum Gasteiger partial charge on any atom is 0.224 e. The molecule has 1 fully saturated rings. The van der Waals surface area contributed by atoms with Gasteiger partial charge in [0.1, 0.15) is 18.1 Å². The number of amides is 2. The summed E-state index contributed by atoms with van der Waals surface area (Å²) in [6.07, 6.45) is 2.47. The van der Waals surface area contributed by atoms with E-state index >= 15 is 0 Å². The zero-order chi connectivity index (χ0) is 20.5. The Morgan fingerprint density at radius 3 is 2.36 bits per heavy atom. The van der Waals surface area contributed by atoms with Crippen LogP contribution in [-0.2, 0) is 9.59 Å². The van der Waals surface area contributed by atoms with Crippen LogP contribution in [0.3, 0.4) is 0 Å². The number of hydrogen-bond acceptors (Lipinski definition) is 5. The van der Waals surface area contributed by atoms with Crippen LogP contribution >= 0.6 is 0 Å². The monoisotopic (exact) mass is 391 g/mol. The number of nitrogens with zero attached hydrogens (tertiary/aromatic N) is 2. The maximum absolute atomic E-state index is 12.5. The first-order valence-electron chi connectivity index (χ1n) is 9.96. The summed E-state index contributed by atoms with van der Waals surface area (Å²) in [6.45, 7) is 5.74. The van der Waals surface area contributed by atoms with Crippen LogP contribution in [0.5, 0.6) is 11.5 Å². The minimum atomic E-state index is -0.0137. The molecule has 0 aromatic heterocycles. The van der Waals surface area contributed by atoms with Crippen molar-refractivity contribution in [1.82, 2.24) is 15.1 Å². The quantitative estimate of drug-likeness (QED) is 0.660. The molecule has 2 atom stereocenters. The number of likely N-dealkylation sites (N-methyl/N-ethyl adjacent to an activating group) is 2. The molecule has 28 heavy (non-hydrogen) atoms. The highest BCUT2D eigenvalue weighted by atomic mass is 16.5. The van der Waals surface area contributed by atoms with Gasteiger partial charge in [-0.15, -0.1) is 0 Å². The van der Waals surface area contributed by atoms with Gasteiger partial charge in [-0.3, -0.25) is 14.5 Å². The van der Waals surface area contributed by atoms with Gasteiger partial charge < -0.3 is 19.7 Å². The molecular formula is C21H33N3O4. The van der Waals surface area contributed by atoms with Gasteiger partial charge in [0.05, 0.1) is 13.2 Å². The van der Waals surface area contributed by atoms with Gasteiger partial charge in [0.15, 0.2) is 0 Å². The molecule has 1 aromatic rings. The molecule has 1 aliphatic rings. The SMILES string of the molecule is CCOc1ccc(OCCN(C)C(=O)C[C@@H]2CC[C@H](CNC(C)=O)N2C)cc1. The molecule has 0 saturated carbocycles. The molecule has 7 heteroatoms. The number of carbonyl (C=O) groups excluding carboxylic acids is 2. The topological polar surface area (TPSA) is 71.1 Å². The highest BCUT2D eigenvalue weighted by molar-refractivity contribution is 5.76. The lowest BCUT2D eigenvalue weighted by Gasteiger charge is -2.27. The first kappa shape index (κ1) is 22.0. The van der Waals surface area contributed by atoms with Crippen LogP contribution in [0, 0.1) is 0 Å². The summed E-state index contributed by atoms with van der Waals surface area (Å²) in [4.78, 5) is 27.6. The number of nitrogens with one attached hydrogen (secondary N) is 1. The van der Waals surface area contributed by atoms with Crippen LogP contribution in [0.2, 0.25) is 0 Å². The Balaban J connectivity index is 1.70. The smallest absolute Gasteiger partial charge is 0.224 e. The van der Waals surface area contributed by atoms with E-state index in [4.69, 9.17) is 9.47 Å². The number of hydrogen-bond donors (Lipinski definition) is 1. The van der Waals surface area contributed by atoms with E-state index in [2.05, 4.69) is 10.2 Å². The minimum absolute atomic E-state index is 0.0137. The number of likely N-dealkylation sites (tertiary alicyclic amines) is 1. The van der Waals surface area contributed by atoms with Crippen molar-refractivity contribution in [3.63, 3.8) is 0 Å². The Hall–Kier alpha value is -2.28. The van der Waals surface area contributed by atoms with Crippen LogP contribution in [0.15, 0.2) is 24.3 Å². The standard InChI is InChI=1S/C21H33N3O4/c1-5-27-19-8-10-20(11-9-19)28-13-12-23(3)21(26)14-17-6-7-18(24(17)4)15-22-16(2)25/h8-11,17-18H,5-7,12-15H2,1-4H3,(H,22,25)/t17-,18+/m0/s1. The fourth-order valence-electron chi connectivity index (χ4n) is 3.43. The lowest BCUT2D eigenvalue weighted by molar-refractivity contribution is -0.131. The molecule has 7 nitrogen and oxygen atoms in total. The Morgan fingerprint density at radius 1 is 1.14 bits per heavy atom. The Labute approximate surface area is 168 Å². The maximum atomic E-state index is 12.5. The zero-order valence-electron chi connectivity index (χ0n) is 17.4. The summed E-state index contributed by atoms with van der Waals surface area (Å²) in [5.74, 6) is 1.69. The van der Waals surface area contributed by atoms with Gasteiger partial charge >= 0.3 is 0 Å². The number of ether oxygens (including phenoxy) is 2. The van der Waals surface area contributed by atoms with Crippen molar-refractivity contribution in [2.75, 3.05) is 40.4 Å². The fourth-order valence-corrected chi connectivity index (χ4v) is 3.43. The van der Waals surface area contributed by atoms with E-state index < -0.39 is 0 Å². The highest BCUT2D eigenvalue weighted by Gasteiger charge is 2.32. The fraction of sp³-hybridized carbons (Fsp3) is 0.619. The summed E-state index contributed by atoms with van der Waals surface area (Å²) < 4.78 is 11.1. The Bertz CT molecular complexity index is 635. The number of benzene rings is 1. The van der Waals surface area contributed by atoms with E-state index in [1.54, 1.807) is 4.90 Å². The lowest BCUT2D eigenvalue weighted by Crippen LogP contribution is -2.42. The van der Waals surface area contributed by atoms with Gasteiger partial charge in [0, 0.05) is 39.0 Å². The molecule has 156 valence electrons. The normalized spacial score (nSPS) is 19.3. The third-order valence-corrected chi connectivity index (χ3v) is 5.24. The number of rotatable bonds is 10. The van der Waals surface area contributed by atoms with E-state index in [1.165, 1.54) is 6.92 Å². The first-order valence-corrected chi connectivity index (χ1v) is 9.96. The Morgan fingerprint density at radius 2 is 1.75 bits per heavy atom. The molecule has 0 bridgehead atoms. The Kier molecular flexibility index (Phi) is 8.57. The van der Waals surface area contributed by atoms with Crippen LogP contribution in [0.1, 0.15) is 33.1 Å². The molecule has 0 aliphatic carbocycles. The van der Waals surface area contributed by atoms with Crippen molar-refractivity contribution >= 4 is 11.8 Å². The van der Waals surface area contributed by atoms with Crippen LogP contribution < -0.4 is 14.8 Å². The van der Waals surface area contributed by atoms with Gasteiger partial charge in [-0.1, -0.05) is 0 Å². The third kappa shape index (κ3) is 6.71. The van der Waals surface area contributed by atoms with Crippen LogP contribution in [0.4, 0.5) is 0 Å². The second-order valence-electron chi connectivity index (χ2n) is 7.26. The predicted octanol–water partition coefficient (Wildman–Crippen LogP) is 1.91. The molecule has 1 aliphatic heterocycles. The van der Waals surface area contributed by atoms with Crippen molar-refractivity contribution in [2.24, 2.45) is 0 Å². The van der Waals surface area contributed by atoms with Gasteiger partial charge in [0.25, 0.3) is 0 Å².